The van der Waals surface area contributed by atoms with Gasteiger partial charge in [0.25, 0.3) is 11.1 Å². The van der Waals surface area contributed by atoms with Crippen molar-refractivity contribution >= 4 is 29.0 Å². The molecule has 2 aromatic carbocycles. The highest BCUT2D eigenvalue weighted by atomic mass is 32.2. The van der Waals surface area contributed by atoms with Crippen LogP contribution in [0, 0.1) is 0 Å². The molecule has 0 radical (unpaired) electrons. The van der Waals surface area contributed by atoms with Crippen molar-refractivity contribution in [1.29, 1.82) is 0 Å². The van der Waals surface area contributed by atoms with E-state index in [9.17, 15) is 22.8 Å². The zero-order valence-corrected chi connectivity index (χ0v) is 16.2. The summed E-state index contributed by atoms with van der Waals surface area (Å²) in [6, 6.07) is 17.0. The zero-order chi connectivity index (χ0) is 21.3. The Morgan fingerprint density at radius 3 is 2.47 bits per heavy atom. The highest BCUT2D eigenvalue weighted by Crippen LogP contribution is 2.35. The smallest absolute Gasteiger partial charge is 0.416 e. The van der Waals surface area contributed by atoms with Crippen LogP contribution in [-0.2, 0) is 17.5 Å². The van der Waals surface area contributed by atoms with Gasteiger partial charge in [0.15, 0.2) is 0 Å². The molecule has 4 nitrogen and oxygen atoms in total. The number of benzene rings is 2. The fraction of sp³-hybridized carbons (Fsp3) is 0.0909. The SMILES string of the molecule is O=C1S/C(=C/c2ccc(-c3cccc(C(F)(F)F)c3)o2)C(=O)N1Cc1ccccc1. The second kappa shape index (κ2) is 7.87. The highest BCUT2D eigenvalue weighted by Gasteiger charge is 2.35. The molecule has 0 spiro atoms. The van der Waals surface area contributed by atoms with Gasteiger partial charge in [0.1, 0.15) is 11.5 Å². The van der Waals surface area contributed by atoms with E-state index in [1.807, 2.05) is 30.3 Å². The number of nitrogens with zero attached hydrogens (tertiary/aromatic N) is 1. The molecule has 1 aliphatic rings. The fourth-order valence-corrected chi connectivity index (χ4v) is 3.78. The maximum atomic E-state index is 12.9. The van der Waals surface area contributed by atoms with Crippen molar-refractivity contribution in [3.8, 4) is 11.3 Å². The Kier molecular flexibility index (Phi) is 5.26. The van der Waals surface area contributed by atoms with E-state index in [0.717, 1.165) is 34.4 Å². The van der Waals surface area contributed by atoms with Crippen LogP contribution in [0.1, 0.15) is 16.9 Å². The monoisotopic (exact) mass is 429 g/mol. The predicted octanol–water partition coefficient (Wildman–Crippen LogP) is 6.20. The molecule has 1 fully saturated rings. The molecule has 0 atom stereocenters. The number of furan rings is 1. The minimum Gasteiger partial charge on any atom is -0.457 e. The van der Waals surface area contributed by atoms with Crippen molar-refractivity contribution in [1.82, 2.24) is 4.90 Å². The van der Waals surface area contributed by atoms with E-state index >= 15 is 0 Å². The molecule has 2 heterocycles. The van der Waals surface area contributed by atoms with Crippen molar-refractivity contribution in [2.75, 3.05) is 0 Å². The number of thioether (sulfide) groups is 1. The topological polar surface area (TPSA) is 50.5 Å². The lowest BCUT2D eigenvalue weighted by atomic mass is 10.1. The molecule has 0 unspecified atom stereocenters. The van der Waals surface area contributed by atoms with Crippen LogP contribution in [0.4, 0.5) is 18.0 Å². The van der Waals surface area contributed by atoms with E-state index in [2.05, 4.69) is 0 Å². The third-order valence-corrected chi connectivity index (χ3v) is 5.34. The van der Waals surface area contributed by atoms with Crippen LogP contribution in [-0.4, -0.2) is 16.0 Å². The van der Waals surface area contributed by atoms with Crippen LogP contribution in [0.2, 0.25) is 0 Å². The van der Waals surface area contributed by atoms with Gasteiger partial charge in [-0.05, 0) is 41.6 Å². The molecule has 1 aliphatic heterocycles. The summed E-state index contributed by atoms with van der Waals surface area (Å²) in [6.45, 7) is 0.163. The average Bonchev–Trinajstić information content (AvgIpc) is 3.29. The fourth-order valence-electron chi connectivity index (χ4n) is 2.97. The molecule has 0 aliphatic carbocycles. The number of imide groups is 1. The van der Waals surface area contributed by atoms with E-state index in [1.165, 1.54) is 24.3 Å². The molecule has 1 aromatic heterocycles. The summed E-state index contributed by atoms with van der Waals surface area (Å²) in [6.07, 6.45) is -3.03. The molecule has 152 valence electrons. The number of carbonyl (C=O) groups is 2. The third kappa shape index (κ3) is 4.18. The van der Waals surface area contributed by atoms with E-state index < -0.39 is 17.6 Å². The molecule has 4 rings (SSSR count). The highest BCUT2D eigenvalue weighted by molar-refractivity contribution is 8.18. The number of hydrogen-bond donors (Lipinski definition) is 0. The van der Waals surface area contributed by atoms with E-state index in [-0.39, 0.29) is 33.8 Å². The lowest BCUT2D eigenvalue weighted by Crippen LogP contribution is -2.27. The summed E-state index contributed by atoms with van der Waals surface area (Å²) in [5.41, 5.74) is 0.313. The molecule has 0 saturated carbocycles. The van der Waals surface area contributed by atoms with E-state index in [1.54, 1.807) is 6.07 Å². The second-order valence-electron chi connectivity index (χ2n) is 6.53. The standard InChI is InChI=1S/C22H14F3NO3S/c23-22(24,25)16-8-4-7-15(11-16)18-10-9-17(29-18)12-19-20(27)26(21(28)30-19)13-14-5-2-1-3-6-14/h1-12H,13H2/b19-12+. The summed E-state index contributed by atoms with van der Waals surface area (Å²) < 4.78 is 44.3. The normalized spacial score (nSPS) is 16.0. The summed E-state index contributed by atoms with van der Waals surface area (Å²) >= 11 is 0.797. The number of hydrogen-bond acceptors (Lipinski definition) is 4. The van der Waals surface area contributed by atoms with Gasteiger partial charge in [-0.15, -0.1) is 0 Å². The van der Waals surface area contributed by atoms with Crippen LogP contribution in [0.25, 0.3) is 17.4 Å². The van der Waals surface area contributed by atoms with Crippen molar-refractivity contribution in [2.24, 2.45) is 0 Å². The number of carbonyl (C=O) groups excluding carboxylic acids is 2. The Labute approximate surface area is 174 Å². The summed E-state index contributed by atoms with van der Waals surface area (Å²) in [4.78, 5) is 26.2. The maximum absolute atomic E-state index is 12.9. The molecule has 30 heavy (non-hydrogen) atoms. The van der Waals surface area contributed by atoms with Gasteiger partial charge in [0, 0.05) is 11.6 Å². The van der Waals surface area contributed by atoms with Gasteiger partial charge in [0.2, 0.25) is 0 Å². The van der Waals surface area contributed by atoms with E-state index in [4.69, 9.17) is 4.42 Å². The van der Waals surface area contributed by atoms with Crippen LogP contribution in [0.5, 0.6) is 0 Å². The number of alkyl halides is 3. The van der Waals surface area contributed by atoms with E-state index in [0.29, 0.717) is 0 Å². The number of rotatable bonds is 4. The summed E-state index contributed by atoms with van der Waals surface area (Å²) in [5.74, 6) is 0.0642. The summed E-state index contributed by atoms with van der Waals surface area (Å²) in [5, 5.41) is -0.389. The van der Waals surface area contributed by atoms with Gasteiger partial charge in [-0.2, -0.15) is 13.2 Å². The molecule has 0 N–H and O–H groups in total. The molecular formula is C22H14F3NO3S. The first-order valence-corrected chi connectivity index (χ1v) is 9.70. The van der Waals surface area contributed by atoms with Gasteiger partial charge in [-0.3, -0.25) is 14.5 Å². The van der Waals surface area contributed by atoms with Crippen molar-refractivity contribution in [3.05, 3.63) is 88.5 Å². The van der Waals surface area contributed by atoms with Gasteiger partial charge in [0.05, 0.1) is 17.0 Å². The van der Waals surface area contributed by atoms with Crippen LogP contribution in [0.15, 0.2) is 76.1 Å². The van der Waals surface area contributed by atoms with Gasteiger partial charge < -0.3 is 4.42 Å². The number of halogens is 3. The van der Waals surface area contributed by atoms with Crippen molar-refractivity contribution < 1.29 is 27.2 Å². The minimum absolute atomic E-state index is 0.163. The Morgan fingerprint density at radius 1 is 0.967 bits per heavy atom. The third-order valence-electron chi connectivity index (χ3n) is 4.43. The van der Waals surface area contributed by atoms with Crippen molar-refractivity contribution in [2.45, 2.75) is 12.7 Å². The molecular weight excluding hydrogens is 415 g/mol. The van der Waals surface area contributed by atoms with Gasteiger partial charge in [-0.1, -0.05) is 42.5 Å². The lowest BCUT2D eigenvalue weighted by Gasteiger charge is -2.11. The number of amides is 2. The quantitative estimate of drug-likeness (QED) is 0.463. The second-order valence-corrected chi connectivity index (χ2v) is 7.53. The lowest BCUT2D eigenvalue weighted by molar-refractivity contribution is -0.137. The van der Waals surface area contributed by atoms with Gasteiger partial charge in [-0.25, -0.2) is 0 Å². The van der Waals surface area contributed by atoms with Crippen LogP contribution in [0.3, 0.4) is 0 Å². The first-order valence-electron chi connectivity index (χ1n) is 8.88. The molecule has 3 aromatic rings. The first kappa shape index (κ1) is 20.0. The maximum Gasteiger partial charge on any atom is 0.416 e. The molecule has 8 heteroatoms. The van der Waals surface area contributed by atoms with Crippen LogP contribution < -0.4 is 0 Å². The Bertz CT molecular complexity index is 1140. The summed E-state index contributed by atoms with van der Waals surface area (Å²) in [7, 11) is 0. The van der Waals surface area contributed by atoms with Crippen LogP contribution >= 0.6 is 11.8 Å². The van der Waals surface area contributed by atoms with Crippen molar-refractivity contribution in [3.63, 3.8) is 0 Å². The Hall–Kier alpha value is -3.26. The molecule has 1 saturated heterocycles. The Morgan fingerprint density at radius 2 is 1.73 bits per heavy atom. The predicted molar refractivity (Wildman–Crippen MR) is 107 cm³/mol. The molecule has 0 bridgehead atoms. The Balaban J connectivity index is 1.55. The first-order chi connectivity index (χ1) is 14.3. The largest absolute Gasteiger partial charge is 0.457 e. The minimum atomic E-state index is -4.46. The average molecular weight is 429 g/mol. The zero-order valence-electron chi connectivity index (χ0n) is 15.3. The molecule has 2 amide bonds. The van der Waals surface area contributed by atoms with Gasteiger partial charge >= 0.3 is 6.18 Å².